The number of aromatic amines is 1. The smallest absolute Gasteiger partial charge is 0.326 e. The molecule has 3 atom stereocenters. The average Bonchev–Trinajstić information content (AvgIpc) is 3.21. The Kier molecular flexibility index (Phi) is 4.99. The zero-order valence-corrected chi connectivity index (χ0v) is 14.5. The molecule has 0 bridgehead atoms. The van der Waals surface area contributed by atoms with Gasteiger partial charge < -0.3 is 20.7 Å². The number of H-pyrrole nitrogens is 1. The van der Waals surface area contributed by atoms with Crippen LogP contribution >= 0.6 is 0 Å². The minimum absolute atomic E-state index is 0.0584. The van der Waals surface area contributed by atoms with Crippen LogP contribution in [0.3, 0.4) is 0 Å². The van der Waals surface area contributed by atoms with Gasteiger partial charge in [0.15, 0.2) is 0 Å². The van der Waals surface area contributed by atoms with Crippen LogP contribution in [0.15, 0.2) is 30.5 Å². The van der Waals surface area contributed by atoms with Crippen LogP contribution in [-0.2, 0) is 26.1 Å². The lowest BCUT2D eigenvalue weighted by Crippen LogP contribution is -2.49. The number of carbonyl (C=O) groups excluding carboxylic acids is 1. The molecular weight excluding hydrogens is 362 g/mol. The van der Waals surface area contributed by atoms with Crippen molar-refractivity contribution in [3.8, 4) is 0 Å². The van der Waals surface area contributed by atoms with Crippen LogP contribution < -0.4 is 10.6 Å². The minimum atomic E-state index is -4.24. The van der Waals surface area contributed by atoms with E-state index in [-0.39, 0.29) is 19.4 Å². The van der Waals surface area contributed by atoms with E-state index in [1.807, 2.05) is 24.3 Å². The largest absolute Gasteiger partial charge is 0.480 e. The third kappa shape index (κ3) is 3.87. The number of benzene rings is 1. The van der Waals surface area contributed by atoms with Gasteiger partial charge in [-0.3, -0.25) is 9.35 Å². The van der Waals surface area contributed by atoms with Crippen LogP contribution in [0.25, 0.3) is 10.9 Å². The molecule has 3 rings (SSSR count). The SMILES string of the molecule is O=C(O)[C@H](Cc1c[nH]c2ccccc12)NC(=O)[C@@H]1C[C@@H](S(=O)(=O)O)CN1. The molecule has 0 aliphatic carbocycles. The first-order chi connectivity index (χ1) is 12.3. The molecule has 1 amide bonds. The van der Waals surface area contributed by atoms with Gasteiger partial charge in [0, 0.05) is 30.1 Å². The molecule has 10 heteroatoms. The molecule has 0 spiro atoms. The summed E-state index contributed by atoms with van der Waals surface area (Å²) in [6.07, 6.45) is 1.68. The van der Waals surface area contributed by atoms with Gasteiger partial charge in [0.05, 0.1) is 6.04 Å². The molecule has 2 heterocycles. The van der Waals surface area contributed by atoms with E-state index in [2.05, 4.69) is 15.6 Å². The number of nitrogens with one attached hydrogen (secondary N) is 3. The Bertz CT molecular complexity index is 938. The lowest BCUT2D eigenvalue weighted by Gasteiger charge is -2.17. The topological polar surface area (TPSA) is 149 Å². The fourth-order valence-corrected chi connectivity index (χ4v) is 3.87. The van der Waals surface area contributed by atoms with Gasteiger partial charge in [-0.25, -0.2) is 4.79 Å². The molecule has 140 valence electrons. The van der Waals surface area contributed by atoms with Gasteiger partial charge in [0.2, 0.25) is 5.91 Å². The normalized spacial score (nSPS) is 21.6. The number of fused-ring (bicyclic) bond motifs is 1. The fraction of sp³-hybridized carbons (Fsp3) is 0.375. The zero-order valence-electron chi connectivity index (χ0n) is 13.7. The molecule has 1 aliphatic heterocycles. The summed E-state index contributed by atoms with van der Waals surface area (Å²) in [5.41, 5.74) is 1.62. The van der Waals surface area contributed by atoms with Gasteiger partial charge in [0.1, 0.15) is 11.3 Å². The van der Waals surface area contributed by atoms with Crippen molar-refractivity contribution in [2.75, 3.05) is 6.54 Å². The van der Waals surface area contributed by atoms with Crippen LogP contribution in [0, 0.1) is 0 Å². The van der Waals surface area contributed by atoms with Gasteiger partial charge >= 0.3 is 5.97 Å². The maximum absolute atomic E-state index is 12.3. The van der Waals surface area contributed by atoms with Crippen molar-refractivity contribution < 1.29 is 27.7 Å². The second-order valence-corrected chi connectivity index (χ2v) is 7.99. The summed E-state index contributed by atoms with van der Waals surface area (Å²) in [5, 5.41) is 14.4. The summed E-state index contributed by atoms with van der Waals surface area (Å²) in [7, 11) is -4.24. The molecule has 9 nitrogen and oxygen atoms in total. The molecule has 1 saturated heterocycles. The number of carbonyl (C=O) groups is 2. The number of para-hydroxylation sites is 1. The second kappa shape index (κ2) is 7.06. The molecule has 26 heavy (non-hydrogen) atoms. The highest BCUT2D eigenvalue weighted by Crippen LogP contribution is 2.20. The van der Waals surface area contributed by atoms with Gasteiger partial charge in [-0.15, -0.1) is 0 Å². The van der Waals surface area contributed by atoms with Crippen LogP contribution in [0.4, 0.5) is 0 Å². The first kappa shape index (κ1) is 18.4. The molecule has 1 aliphatic rings. The summed E-state index contributed by atoms with van der Waals surface area (Å²) in [6.45, 7) is -0.0584. The van der Waals surface area contributed by atoms with E-state index in [0.29, 0.717) is 0 Å². The number of aliphatic carboxylic acids is 1. The number of amides is 1. The summed E-state index contributed by atoms with van der Waals surface area (Å²) in [6, 6.07) is 5.39. The highest BCUT2D eigenvalue weighted by atomic mass is 32.2. The first-order valence-electron chi connectivity index (χ1n) is 8.03. The van der Waals surface area contributed by atoms with Crippen molar-refractivity contribution in [1.82, 2.24) is 15.6 Å². The van der Waals surface area contributed by atoms with Crippen LogP contribution in [0.5, 0.6) is 0 Å². The number of aromatic nitrogens is 1. The highest BCUT2D eigenvalue weighted by Gasteiger charge is 2.37. The van der Waals surface area contributed by atoms with Crippen molar-refractivity contribution in [1.29, 1.82) is 0 Å². The third-order valence-corrected chi connectivity index (χ3v) is 5.74. The van der Waals surface area contributed by atoms with Crippen LogP contribution in [0.1, 0.15) is 12.0 Å². The predicted octanol–water partition coefficient (Wildman–Crippen LogP) is -0.102. The van der Waals surface area contributed by atoms with Crippen LogP contribution in [0.2, 0.25) is 0 Å². The Hall–Kier alpha value is -2.43. The molecule has 1 aromatic heterocycles. The zero-order chi connectivity index (χ0) is 18.9. The van der Waals surface area contributed by atoms with Crippen molar-refractivity contribution >= 4 is 32.9 Å². The van der Waals surface area contributed by atoms with E-state index in [1.54, 1.807) is 6.20 Å². The Morgan fingerprint density at radius 3 is 2.69 bits per heavy atom. The van der Waals surface area contributed by atoms with Gasteiger partial charge in [-0.05, 0) is 18.1 Å². The van der Waals surface area contributed by atoms with Crippen molar-refractivity contribution in [2.45, 2.75) is 30.2 Å². The quantitative estimate of drug-likeness (QED) is 0.439. The maximum atomic E-state index is 12.3. The number of carboxylic acids is 1. The molecule has 5 N–H and O–H groups in total. The molecule has 1 aromatic carbocycles. The minimum Gasteiger partial charge on any atom is -0.480 e. The Morgan fingerprint density at radius 1 is 1.31 bits per heavy atom. The fourth-order valence-electron chi connectivity index (χ4n) is 3.12. The monoisotopic (exact) mass is 381 g/mol. The molecular formula is C16H19N3O6S. The van der Waals surface area contributed by atoms with Gasteiger partial charge in [0.25, 0.3) is 10.1 Å². The number of hydrogen-bond donors (Lipinski definition) is 5. The van der Waals surface area contributed by atoms with Crippen molar-refractivity contribution in [3.63, 3.8) is 0 Å². The summed E-state index contributed by atoms with van der Waals surface area (Å²) < 4.78 is 31.4. The van der Waals surface area contributed by atoms with Crippen molar-refractivity contribution in [3.05, 3.63) is 36.0 Å². The maximum Gasteiger partial charge on any atom is 0.326 e. The standard InChI is InChI=1S/C16H19N3O6S/c20-15(13-6-10(8-18-13)26(23,24)25)19-14(16(21)22)5-9-7-17-12-4-2-1-3-11(9)12/h1-4,7,10,13-14,17-18H,5-6,8H2,(H,19,20)(H,21,22)(H,23,24,25)/t10-,13+,14+/m1/s1. The Balaban J connectivity index is 1.69. The van der Waals surface area contributed by atoms with Crippen molar-refractivity contribution in [2.24, 2.45) is 0 Å². The van der Waals surface area contributed by atoms with Gasteiger partial charge in [-0.1, -0.05) is 18.2 Å². The summed E-state index contributed by atoms with van der Waals surface area (Å²) in [5.74, 6) is -1.80. The Labute approximate surface area is 149 Å². The molecule has 0 unspecified atom stereocenters. The average molecular weight is 381 g/mol. The lowest BCUT2D eigenvalue weighted by atomic mass is 10.0. The summed E-state index contributed by atoms with van der Waals surface area (Å²) >= 11 is 0. The Morgan fingerprint density at radius 2 is 2.04 bits per heavy atom. The molecule has 0 saturated carbocycles. The number of hydrogen-bond acceptors (Lipinski definition) is 5. The molecule has 1 fully saturated rings. The van der Waals surface area contributed by atoms with Gasteiger partial charge in [-0.2, -0.15) is 8.42 Å². The number of rotatable bonds is 6. The number of carboxylic acid groups (broad SMARTS) is 1. The molecule has 2 aromatic rings. The van der Waals surface area contributed by atoms with E-state index in [0.717, 1.165) is 16.5 Å². The highest BCUT2D eigenvalue weighted by molar-refractivity contribution is 7.86. The third-order valence-electron chi connectivity index (χ3n) is 4.54. The van der Waals surface area contributed by atoms with Crippen LogP contribution in [-0.4, -0.2) is 58.8 Å². The van der Waals surface area contributed by atoms with E-state index in [1.165, 1.54) is 0 Å². The first-order valence-corrected chi connectivity index (χ1v) is 9.54. The van der Waals surface area contributed by atoms with E-state index in [4.69, 9.17) is 4.55 Å². The molecule has 0 radical (unpaired) electrons. The van der Waals surface area contributed by atoms with E-state index in [9.17, 15) is 23.1 Å². The lowest BCUT2D eigenvalue weighted by molar-refractivity contribution is -0.142. The second-order valence-electron chi connectivity index (χ2n) is 6.30. The summed E-state index contributed by atoms with van der Waals surface area (Å²) in [4.78, 5) is 26.9. The van der Waals surface area contributed by atoms with E-state index < -0.39 is 39.3 Å². The predicted molar refractivity (Wildman–Crippen MR) is 93.3 cm³/mol. The van der Waals surface area contributed by atoms with E-state index >= 15 is 0 Å².